The van der Waals surface area contributed by atoms with Crippen LogP contribution in [-0.4, -0.2) is 30.1 Å². The lowest BCUT2D eigenvalue weighted by atomic mass is 10.1. The lowest BCUT2D eigenvalue weighted by Crippen LogP contribution is -2.49. The van der Waals surface area contributed by atoms with E-state index in [4.69, 9.17) is 33.3 Å². The molecule has 0 aliphatic rings. The van der Waals surface area contributed by atoms with Gasteiger partial charge in [-0.05, 0) is 67.0 Å². The summed E-state index contributed by atoms with van der Waals surface area (Å²) in [4.78, 5) is 24.8. The highest BCUT2D eigenvalue weighted by atomic mass is 35.5. The van der Waals surface area contributed by atoms with Gasteiger partial charge >= 0.3 is 0 Å². The van der Waals surface area contributed by atoms with Crippen molar-refractivity contribution in [3.63, 3.8) is 0 Å². The van der Waals surface area contributed by atoms with E-state index in [1.807, 2.05) is 44.2 Å². The lowest BCUT2D eigenvalue weighted by Gasteiger charge is -2.14. The molecule has 0 saturated carbocycles. The molecular formula is C26H26ClN3O4S. The van der Waals surface area contributed by atoms with Crippen LogP contribution in [0.15, 0.2) is 66.7 Å². The van der Waals surface area contributed by atoms with Crippen molar-refractivity contribution in [3.05, 3.63) is 94.0 Å². The van der Waals surface area contributed by atoms with Crippen LogP contribution >= 0.6 is 23.8 Å². The van der Waals surface area contributed by atoms with Crippen LogP contribution in [-0.2, 0) is 11.2 Å². The SMILES string of the molecule is Cc1cc(OCC(=O)NNC(=S)NC(=O)c2ccccc2OCCc2ccccc2)cc(C)c1Cl. The minimum atomic E-state index is -0.475. The van der Waals surface area contributed by atoms with Crippen molar-refractivity contribution < 1.29 is 19.1 Å². The molecule has 182 valence electrons. The van der Waals surface area contributed by atoms with Gasteiger partial charge in [0, 0.05) is 11.4 Å². The van der Waals surface area contributed by atoms with Gasteiger partial charge in [0.15, 0.2) is 11.7 Å². The fourth-order valence-electron chi connectivity index (χ4n) is 3.21. The van der Waals surface area contributed by atoms with Gasteiger partial charge in [0.2, 0.25) is 0 Å². The molecule has 3 N–H and O–H groups in total. The van der Waals surface area contributed by atoms with Crippen molar-refractivity contribution in [2.24, 2.45) is 0 Å². The Morgan fingerprint density at radius 2 is 1.57 bits per heavy atom. The molecule has 3 aromatic carbocycles. The summed E-state index contributed by atoms with van der Waals surface area (Å²) in [7, 11) is 0. The molecule has 3 aromatic rings. The van der Waals surface area contributed by atoms with Crippen molar-refractivity contribution in [2.45, 2.75) is 20.3 Å². The summed E-state index contributed by atoms with van der Waals surface area (Å²) in [5.41, 5.74) is 8.06. The maximum atomic E-state index is 12.7. The van der Waals surface area contributed by atoms with Crippen molar-refractivity contribution in [3.8, 4) is 11.5 Å². The summed E-state index contributed by atoms with van der Waals surface area (Å²) in [5, 5.41) is 3.12. The second kappa shape index (κ2) is 12.7. The van der Waals surface area contributed by atoms with E-state index in [9.17, 15) is 9.59 Å². The highest BCUT2D eigenvalue weighted by molar-refractivity contribution is 7.80. The van der Waals surface area contributed by atoms with E-state index < -0.39 is 11.8 Å². The molecule has 0 aliphatic carbocycles. The number of rotatable bonds is 8. The van der Waals surface area contributed by atoms with Crippen molar-refractivity contribution in [2.75, 3.05) is 13.2 Å². The summed E-state index contributed by atoms with van der Waals surface area (Å²) in [6.07, 6.45) is 0.708. The summed E-state index contributed by atoms with van der Waals surface area (Å²) >= 11 is 11.3. The Morgan fingerprint density at radius 3 is 2.29 bits per heavy atom. The normalized spacial score (nSPS) is 10.3. The van der Waals surface area contributed by atoms with Crippen LogP contribution in [0, 0.1) is 13.8 Å². The molecule has 0 atom stereocenters. The predicted molar refractivity (Wildman–Crippen MR) is 140 cm³/mol. The number of amides is 2. The third-order valence-corrected chi connectivity index (χ3v) is 5.75. The fourth-order valence-corrected chi connectivity index (χ4v) is 3.46. The van der Waals surface area contributed by atoms with Gasteiger partial charge in [-0.2, -0.15) is 0 Å². The fraction of sp³-hybridized carbons (Fsp3) is 0.192. The number of aryl methyl sites for hydroxylation is 2. The summed E-state index contributed by atoms with van der Waals surface area (Å²) in [6, 6.07) is 20.3. The Hall–Kier alpha value is -3.62. The first-order valence-electron chi connectivity index (χ1n) is 10.9. The molecule has 0 heterocycles. The molecule has 0 unspecified atom stereocenters. The molecule has 35 heavy (non-hydrogen) atoms. The van der Waals surface area contributed by atoms with Crippen LogP contribution in [0.4, 0.5) is 0 Å². The van der Waals surface area contributed by atoms with Crippen LogP contribution in [0.3, 0.4) is 0 Å². The zero-order valence-electron chi connectivity index (χ0n) is 19.4. The number of halogens is 1. The second-order valence-electron chi connectivity index (χ2n) is 7.70. The van der Waals surface area contributed by atoms with E-state index >= 15 is 0 Å². The molecular weight excluding hydrogens is 486 g/mol. The highest BCUT2D eigenvalue weighted by Crippen LogP contribution is 2.25. The standard InChI is InChI=1S/C26H26ClN3O4S/c1-17-14-20(15-18(2)24(17)27)34-16-23(31)29-30-26(35)28-25(32)21-10-6-7-11-22(21)33-13-12-19-8-4-3-5-9-19/h3-11,14-15H,12-13,16H2,1-2H3,(H,29,31)(H2,28,30,32,35). The first kappa shape index (κ1) is 26.0. The van der Waals surface area contributed by atoms with Crippen LogP contribution in [0.5, 0.6) is 11.5 Å². The van der Waals surface area contributed by atoms with Gasteiger partial charge in [-0.1, -0.05) is 54.1 Å². The minimum Gasteiger partial charge on any atom is -0.492 e. The van der Waals surface area contributed by atoms with Gasteiger partial charge in [-0.25, -0.2) is 0 Å². The predicted octanol–water partition coefficient (Wildman–Crippen LogP) is 4.29. The van der Waals surface area contributed by atoms with E-state index in [-0.39, 0.29) is 11.7 Å². The molecule has 0 aromatic heterocycles. The molecule has 0 radical (unpaired) electrons. The molecule has 0 fully saturated rings. The van der Waals surface area contributed by atoms with Gasteiger partial charge in [0.1, 0.15) is 11.5 Å². The number of hydrazine groups is 1. The first-order valence-corrected chi connectivity index (χ1v) is 11.7. The van der Waals surface area contributed by atoms with Gasteiger partial charge in [0.25, 0.3) is 11.8 Å². The Labute approximate surface area is 214 Å². The molecule has 7 nitrogen and oxygen atoms in total. The minimum absolute atomic E-state index is 0.0689. The number of ether oxygens (including phenoxy) is 2. The van der Waals surface area contributed by atoms with Crippen molar-refractivity contribution in [1.82, 2.24) is 16.2 Å². The number of carbonyl (C=O) groups excluding carboxylic acids is 2. The number of para-hydroxylation sites is 1. The van der Waals surface area contributed by atoms with Gasteiger partial charge in [0.05, 0.1) is 12.2 Å². The zero-order valence-corrected chi connectivity index (χ0v) is 21.0. The summed E-state index contributed by atoms with van der Waals surface area (Å²) in [6.45, 7) is 3.89. The maximum Gasteiger partial charge on any atom is 0.276 e. The number of thiocarbonyl (C=S) groups is 1. The third-order valence-electron chi connectivity index (χ3n) is 4.95. The average Bonchev–Trinajstić information content (AvgIpc) is 2.85. The van der Waals surface area contributed by atoms with Crippen molar-refractivity contribution >= 4 is 40.7 Å². The van der Waals surface area contributed by atoms with E-state index in [0.717, 1.165) is 16.7 Å². The Kier molecular flexibility index (Phi) is 9.46. The van der Waals surface area contributed by atoms with Gasteiger partial charge < -0.3 is 9.47 Å². The van der Waals surface area contributed by atoms with Gasteiger partial charge in [-0.3, -0.25) is 25.8 Å². The van der Waals surface area contributed by atoms with Crippen LogP contribution in [0.1, 0.15) is 27.0 Å². The van der Waals surface area contributed by atoms with Crippen LogP contribution in [0.25, 0.3) is 0 Å². The largest absolute Gasteiger partial charge is 0.492 e. The Bertz CT molecular complexity index is 1180. The number of carbonyl (C=O) groups is 2. The molecule has 9 heteroatoms. The number of hydrogen-bond acceptors (Lipinski definition) is 5. The number of hydrogen-bond donors (Lipinski definition) is 3. The Morgan fingerprint density at radius 1 is 0.914 bits per heavy atom. The van der Waals surface area contributed by atoms with Crippen molar-refractivity contribution in [1.29, 1.82) is 0 Å². The zero-order chi connectivity index (χ0) is 25.2. The first-order chi connectivity index (χ1) is 16.8. The Balaban J connectivity index is 1.45. The summed E-state index contributed by atoms with van der Waals surface area (Å²) < 4.78 is 11.3. The summed E-state index contributed by atoms with van der Waals surface area (Å²) in [5.74, 6) is 0.0287. The number of benzene rings is 3. The van der Waals surface area contributed by atoms with Gasteiger partial charge in [-0.15, -0.1) is 0 Å². The third kappa shape index (κ3) is 7.98. The highest BCUT2D eigenvalue weighted by Gasteiger charge is 2.14. The van der Waals surface area contributed by atoms with E-state index in [1.54, 1.807) is 36.4 Å². The monoisotopic (exact) mass is 511 g/mol. The average molecular weight is 512 g/mol. The van der Waals surface area contributed by atoms with Crippen LogP contribution in [0.2, 0.25) is 5.02 Å². The number of nitrogens with one attached hydrogen (secondary N) is 3. The molecule has 0 spiro atoms. The second-order valence-corrected chi connectivity index (χ2v) is 8.48. The van der Waals surface area contributed by atoms with Crippen LogP contribution < -0.4 is 25.6 Å². The topological polar surface area (TPSA) is 88.7 Å². The molecule has 0 aliphatic heterocycles. The molecule has 2 amide bonds. The lowest BCUT2D eigenvalue weighted by molar-refractivity contribution is -0.123. The van der Waals surface area contributed by atoms with E-state index in [2.05, 4.69) is 16.2 Å². The molecule has 3 rings (SSSR count). The quantitative estimate of drug-likeness (QED) is 0.309. The van der Waals surface area contributed by atoms with E-state index in [1.165, 1.54) is 0 Å². The smallest absolute Gasteiger partial charge is 0.276 e. The molecule has 0 saturated heterocycles. The maximum absolute atomic E-state index is 12.7. The van der Waals surface area contributed by atoms with E-state index in [0.29, 0.717) is 35.1 Å². The molecule has 0 bridgehead atoms.